The maximum atomic E-state index is 13.7. The zero-order valence-electron chi connectivity index (χ0n) is 23.8. The Morgan fingerprint density at radius 3 is 2.62 bits per heavy atom. The van der Waals surface area contributed by atoms with E-state index >= 15 is 0 Å². The molecule has 0 saturated carbocycles. The molecule has 15 nitrogen and oxygen atoms in total. The van der Waals surface area contributed by atoms with Crippen molar-refractivity contribution in [2.24, 2.45) is 12.2 Å². The van der Waals surface area contributed by atoms with E-state index in [4.69, 9.17) is 9.72 Å². The van der Waals surface area contributed by atoms with E-state index in [1.807, 2.05) is 11.8 Å². The number of ether oxygens (including phenoxy) is 1. The number of hydrogen-bond donors (Lipinski definition) is 2. The van der Waals surface area contributed by atoms with Gasteiger partial charge in [-0.1, -0.05) is 18.5 Å². The summed E-state index contributed by atoms with van der Waals surface area (Å²) < 4.78 is 36.1. The number of sulfonamides is 1. The van der Waals surface area contributed by atoms with Gasteiger partial charge in [0, 0.05) is 45.3 Å². The molecule has 0 spiro atoms. The lowest BCUT2D eigenvalue weighted by Gasteiger charge is -2.34. The van der Waals surface area contributed by atoms with E-state index < -0.39 is 20.7 Å². The minimum absolute atomic E-state index is 0.0123. The fourth-order valence-corrected chi connectivity index (χ4v) is 6.63. The number of nitrogens with zero attached hydrogens (tertiary/aromatic N) is 6. The van der Waals surface area contributed by atoms with Crippen LogP contribution in [0.5, 0.6) is 5.75 Å². The van der Waals surface area contributed by atoms with Gasteiger partial charge in [0.25, 0.3) is 10.6 Å². The number of piperazine rings is 1. The van der Waals surface area contributed by atoms with Crippen molar-refractivity contribution in [1.29, 1.82) is 0 Å². The Hall–Kier alpha value is -4.02. The van der Waals surface area contributed by atoms with Gasteiger partial charge in [0.1, 0.15) is 22.6 Å². The Kier molecular flexibility index (Phi) is 9.80. The average Bonchev–Trinajstić information content (AvgIpc) is 3.22. The molecule has 2 aromatic heterocycles. The SMILES string of the molecule is CCCc1c(/C=N/O)n(C)c2c(=O)[nH]c(-c3cc(S(=O)(=O)N4CCN(CCCO[N+](=O)[O-])CC4)ccc3OCC)nc12. The third kappa shape index (κ3) is 6.39. The van der Waals surface area contributed by atoms with Crippen molar-refractivity contribution in [3.05, 3.63) is 49.9 Å². The van der Waals surface area contributed by atoms with Crippen LogP contribution in [0.1, 0.15) is 37.9 Å². The van der Waals surface area contributed by atoms with E-state index in [9.17, 15) is 28.5 Å². The highest BCUT2D eigenvalue weighted by molar-refractivity contribution is 7.89. The molecule has 2 N–H and O–H groups in total. The first-order chi connectivity index (χ1) is 20.1. The molecule has 1 saturated heterocycles. The normalized spacial score (nSPS) is 15.0. The van der Waals surface area contributed by atoms with Crippen LogP contribution in [0, 0.1) is 10.1 Å². The molecular formula is C26H35N7O8S. The van der Waals surface area contributed by atoms with Gasteiger partial charge in [-0.2, -0.15) is 4.31 Å². The minimum Gasteiger partial charge on any atom is -0.493 e. The zero-order chi connectivity index (χ0) is 30.4. The van der Waals surface area contributed by atoms with Gasteiger partial charge in [0.05, 0.1) is 35.6 Å². The largest absolute Gasteiger partial charge is 0.493 e. The van der Waals surface area contributed by atoms with Gasteiger partial charge in [-0.25, -0.2) is 13.4 Å². The van der Waals surface area contributed by atoms with Gasteiger partial charge in [-0.3, -0.25) is 4.79 Å². The summed E-state index contributed by atoms with van der Waals surface area (Å²) >= 11 is 0. The van der Waals surface area contributed by atoms with Crippen molar-refractivity contribution in [2.45, 2.75) is 38.0 Å². The predicted molar refractivity (Wildman–Crippen MR) is 154 cm³/mol. The van der Waals surface area contributed by atoms with E-state index in [2.05, 4.69) is 15.0 Å². The summed E-state index contributed by atoms with van der Waals surface area (Å²) in [6.45, 7) is 6.09. The third-order valence-corrected chi connectivity index (χ3v) is 9.05. The van der Waals surface area contributed by atoms with Gasteiger partial charge in [-0.05, 0) is 38.0 Å². The zero-order valence-corrected chi connectivity index (χ0v) is 24.6. The van der Waals surface area contributed by atoms with Crippen LogP contribution < -0.4 is 10.3 Å². The van der Waals surface area contributed by atoms with E-state index in [-0.39, 0.29) is 30.4 Å². The number of aromatic amines is 1. The Balaban J connectivity index is 1.67. The Morgan fingerprint density at radius 2 is 1.98 bits per heavy atom. The molecule has 42 heavy (non-hydrogen) atoms. The molecule has 0 unspecified atom stereocenters. The summed E-state index contributed by atoms with van der Waals surface area (Å²) in [7, 11) is -2.21. The Morgan fingerprint density at radius 1 is 1.24 bits per heavy atom. The molecule has 0 bridgehead atoms. The van der Waals surface area contributed by atoms with E-state index in [1.165, 1.54) is 22.7 Å². The summed E-state index contributed by atoms with van der Waals surface area (Å²) in [6.07, 6.45) is 3.06. The Bertz CT molecular complexity index is 1630. The highest BCUT2D eigenvalue weighted by atomic mass is 32.2. The number of aromatic nitrogens is 3. The van der Waals surface area contributed by atoms with Crippen LogP contribution in [-0.4, -0.2) is 94.6 Å². The second-order valence-electron chi connectivity index (χ2n) is 9.78. The van der Waals surface area contributed by atoms with Gasteiger partial charge in [0.2, 0.25) is 10.0 Å². The molecule has 0 aliphatic carbocycles. The maximum absolute atomic E-state index is 13.7. The second kappa shape index (κ2) is 13.3. The van der Waals surface area contributed by atoms with Crippen molar-refractivity contribution < 1.29 is 28.3 Å². The molecule has 3 heterocycles. The molecule has 1 aliphatic heterocycles. The lowest BCUT2D eigenvalue weighted by molar-refractivity contribution is -0.757. The number of H-pyrrole nitrogens is 1. The maximum Gasteiger partial charge on any atom is 0.294 e. The summed E-state index contributed by atoms with van der Waals surface area (Å²) in [4.78, 5) is 37.6. The minimum atomic E-state index is -3.90. The summed E-state index contributed by atoms with van der Waals surface area (Å²) in [6, 6.07) is 4.50. The standard InChI is InChI=1S/C26H35N7O8S/c1-4-7-19-21(17-27-35)30(3)24-23(19)28-25(29-26(24)34)20-16-18(8-9-22(20)40-5-2)42(38,39)32-13-11-31(12-14-32)10-6-15-41-33(36)37/h8-9,16-17,35H,4-7,10-15H2,1-3H3,(H,28,29,34)/b27-17+. The molecule has 228 valence electrons. The predicted octanol–water partition coefficient (Wildman–Crippen LogP) is 1.99. The molecule has 0 amide bonds. The second-order valence-corrected chi connectivity index (χ2v) is 11.7. The van der Waals surface area contributed by atoms with E-state index in [0.717, 1.165) is 12.0 Å². The first kappa shape index (κ1) is 30.9. The summed E-state index contributed by atoms with van der Waals surface area (Å²) in [5.74, 6) is 0.524. The van der Waals surface area contributed by atoms with E-state index in [1.54, 1.807) is 24.6 Å². The molecule has 0 atom stereocenters. The number of fused-ring (bicyclic) bond motifs is 1. The molecule has 1 fully saturated rings. The fraction of sp³-hybridized carbons (Fsp3) is 0.500. The van der Waals surface area contributed by atoms with E-state index in [0.29, 0.717) is 67.1 Å². The van der Waals surface area contributed by atoms with Crippen LogP contribution in [-0.2, 0) is 28.3 Å². The number of rotatable bonds is 13. The summed E-state index contributed by atoms with van der Waals surface area (Å²) in [5.41, 5.74) is 1.93. The van der Waals surface area contributed by atoms with Crippen LogP contribution >= 0.6 is 0 Å². The van der Waals surface area contributed by atoms with Crippen molar-refractivity contribution in [1.82, 2.24) is 23.7 Å². The number of benzene rings is 1. The molecule has 1 aromatic carbocycles. The number of hydrogen-bond acceptors (Lipinski definition) is 11. The number of oxime groups is 1. The summed E-state index contributed by atoms with van der Waals surface area (Å²) in [5, 5.41) is 21.8. The molecule has 0 radical (unpaired) electrons. The highest BCUT2D eigenvalue weighted by Crippen LogP contribution is 2.33. The number of aryl methyl sites for hydroxylation is 2. The smallest absolute Gasteiger partial charge is 0.294 e. The van der Waals surface area contributed by atoms with Crippen LogP contribution in [0.3, 0.4) is 0 Å². The Labute approximate surface area is 242 Å². The van der Waals surface area contributed by atoms with Crippen LogP contribution in [0.4, 0.5) is 0 Å². The number of nitrogens with one attached hydrogen (secondary N) is 1. The average molecular weight is 606 g/mol. The quantitative estimate of drug-likeness (QED) is 0.0960. The third-order valence-electron chi connectivity index (χ3n) is 7.16. The first-order valence-electron chi connectivity index (χ1n) is 13.7. The lowest BCUT2D eigenvalue weighted by atomic mass is 10.1. The van der Waals surface area contributed by atoms with Gasteiger partial charge in [0.15, 0.2) is 0 Å². The van der Waals surface area contributed by atoms with Crippen molar-refractivity contribution in [3.8, 4) is 17.1 Å². The van der Waals surface area contributed by atoms with Crippen LogP contribution in [0.2, 0.25) is 0 Å². The fourth-order valence-electron chi connectivity index (χ4n) is 5.18. The molecule has 4 rings (SSSR count). The molecule has 1 aliphatic rings. The van der Waals surface area contributed by atoms with Gasteiger partial charge >= 0.3 is 0 Å². The van der Waals surface area contributed by atoms with Gasteiger partial charge in [-0.15, -0.1) is 10.1 Å². The van der Waals surface area contributed by atoms with Crippen molar-refractivity contribution in [2.75, 3.05) is 45.9 Å². The van der Waals surface area contributed by atoms with Crippen molar-refractivity contribution >= 4 is 27.3 Å². The molecule has 3 aromatic rings. The highest BCUT2D eigenvalue weighted by Gasteiger charge is 2.30. The first-order valence-corrected chi connectivity index (χ1v) is 15.1. The topological polar surface area (TPSA) is 185 Å². The van der Waals surface area contributed by atoms with Crippen molar-refractivity contribution in [3.63, 3.8) is 0 Å². The van der Waals surface area contributed by atoms with Gasteiger partial charge < -0.3 is 29.2 Å². The van der Waals surface area contributed by atoms with Crippen LogP contribution in [0.15, 0.2) is 33.0 Å². The monoisotopic (exact) mass is 605 g/mol. The molecular weight excluding hydrogens is 570 g/mol. The van der Waals surface area contributed by atoms with Crippen LogP contribution in [0.25, 0.3) is 22.4 Å². The lowest BCUT2D eigenvalue weighted by Crippen LogP contribution is -2.48. The molecule has 16 heteroatoms.